The van der Waals surface area contributed by atoms with Crippen LogP contribution in [-0.2, 0) is 5.54 Å². The van der Waals surface area contributed by atoms with E-state index in [1.165, 1.54) is 18.2 Å². The number of halogens is 4. The minimum Gasteiger partial charge on any atom is -0.335 e. The lowest BCUT2D eigenvalue weighted by molar-refractivity contribution is -0.177. The fraction of sp³-hybridized carbons (Fsp3) is 0.357. The Morgan fingerprint density at radius 1 is 1.33 bits per heavy atom. The zero-order chi connectivity index (χ0) is 15.3. The van der Waals surface area contributed by atoms with Crippen LogP contribution in [0, 0.1) is 17.8 Å². The Hall–Kier alpha value is -1.45. The average molecular weight is 331 g/mol. The SMILES string of the molecule is FC(F)(F)C1(C#CC2CC2)NC(=S)Nc2ccc(Cl)cc21. The molecule has 7 heteroatoms. The Morgan fingerprint density at radius 2 is 2.05 bits per heavy atom. The highest BCUT2D eigenvalue weighted by molar-refractivity contribution is 7.80. The maximum atomic E-state index is 13.8. The quantitative estimate of drug-likeness (QED) is 0.559. The topological polar surface area (TPSA) is 24.1 Å². The largest absolute Gasteiger partial charge is 0.427 e. The summed E-state index contributed by atoms with van der Waals surface area (Å²) in [5.74, 6) is 5.11. The lowest BCUT2D eigenvalue weighted by atomic mass is 9.86. The maximum absolute atomic E-state index is 13.8. The Bertz CT molecular complexity index is 673. The number of rotatable bonds is 0. The van der Waals surface area contributed by atoms with E-state index in [0.29, 0.717) is 0 Å². The van der Waals surface area contributed by atoms with Crippen LogP contribution in [0.5, 0.6) is 0 Å². The van der Waals surface area contributed by atoms with Crippen LogP contribution in [-0.4, -0.2) is 11.3 Å². The number of fused-ring (bicyclic) bond motifs is 1. The van der Waals surface area contributed by atoms with Crippen molar-refractivity contribution in [3.63, 3.8) is 0 Å². The van der Waals surface area contributed by atoms with Gasteiger partial charge in [0.25, 0.3) is 0 Å². The minimum atomic E-state index is -4.62. The van der Waals surface area contributed by atoms with Gasteiger partial charge in [-0.15, -0.1) is 0 Å². The first-order valence-electron chi connectivity index (χ1n) is 6.30. The van der Waals surface area contributed by atoms with Gasteiger partial charge in [0.2, 0.25) is 5.54 Å². The monoisotopic (exact) mass is 330 g/mol. The second-order valence-electron chi connectivity index (χ2n) is 5.06. The number of benzene rings is 1. The zero-order valence-electron chi connectivity index (χ0n) is 10.6. The first-order valence-corrected chi connectivity index (χ1v) is 7.09. The second kappa shape index (κ2) is 4.79. The number of anilines is 1. The van der Waals surface area contributed by atoms with Crippen molar-refractivity contribution in [3.05, 3.63) is 28.8 Å². The van der Waals surface area contributed by atoms with Crippen molar-refractivity contribution < 1.29 is 13.2 Å². The molecule has 1 aliphatic heterocycles. The van der Waals surface area contributed by atoms with Gasteiger partial charge in [0.1, 0.15) is 0 Å². The van der Waals surface area contributed by atoms with Crippen LogP contribution >= 0.6 is 23.8 Å². The minimum absolute atomic E-state index is 0.0390. The fourth-order valence-corrected chi connectivity index (χ4v) is 2.59. The maximum Gasteiger partial charge on any atom is 0.427 e. The number of thiocarbonyl (C=S) groups is 1. The molecule has 1 aromatic carbocycles. The molecule has 2 nitrogen and oxygen atoms in total. The molecule has 1 aliphatic carbocycles. The van der Waals surface area contributed by atoms with Crippen molar-refractivity contribution in [3.8, 4) is 11.8 Å². The second-order valence-corrected chi connectivity index (χ2v) is 5.91. The first-order chi connectivity index (χ1) is 9.82. The summed E-state index contributed by atoms with van der Waals surface area (Å²) in [7, 11) is 0. The lowest BCUT2D eigenvalue weighted by Gasteiger charge is -2.38. The molecular formula is C14H10ClF3N2S. The van der Waals surface area contributed by atoms with Gasteiger partial charge in [-0.25, -0.2) is 0 Å². The Morgan fingerprint density at radius 3 is 2.67 bits per heavy atom. The van der Waals surface area contributed by atoms with Gasteiger partial charge in [-0.1, -0.05) is 23.4 Å². The van der Waals surface area contributed by atoms with Gasteiger partial charge < -0.3 is 10.6 Å². The van der Waals surface area contributed by atoms with Gasteiger partial charge in [0, 0.05) is 22.2 Å². The molecule has 2 aliphatic rings. The van der Waals surface area contributed by atoms with E-state index in [1.54, 1.807) is 0 Å². The average Bonchev–Trinajstić information content (AvgIpc) is 3.19. The Kier molecular flexibility index (Phi) is 3.30. The Balaban J connectivity index is 2.22. The van der Waals surface area contributed by atoms with Crippen LogP contribution in [0.4, 0.5) is 18.9 Å². The molecule has 0 amide bonds. The third-order valence-corrected chi connectivity index (χ3v) is 3.84. The van der Waals surface area contributed by atoms with Crippen molar-refractivity contribution in [1.82, 2.24) is 5.32 Å². The van der Waals surface area contributed by atoms with E-state index in [-0.39, 0.29) is 27.3 Å². The van der Waals surface area contributed by atoms with Gasteiger partial charge >= 0.3 is 6.18 Å². The molecule has 0 spiro atoms. The van der Waals surface area contributed by atoms with Crippen molar-refractivity contribution in [2.75, 3.05) is 5.32 Å². The van der Waals surface area contributed by atoms with E-state index in [2.05, 4.69) is 22.5 Å². The van der Waals surface area contributed by atoms with E-state index >= 15 is 0 Å². The van der Waals surface area contributed by atoms with Crippen LogP contribution in [0.15, 0.2) is 18.2 Å². The molecule has 0 saturated heterocycles. The van der Waals surface area contributed by atoms with Crippen molar-refractivity contribution in [2.45, 2.75) is 24.6 Å². The third kappa shape index (κ3) is 2.56. The van der Waals surface area contributed by atoms with Gasteiger partial charge in [-0.2, -0.15) is 13.2 Å². The summed E-state index contributed by atoms with van der Waals surface area (Å²) in [6, 6.07) is 4.26. The van der Waals surface area contributed by atoms with Gasteiger partial charge in [-0.05, 0) is 43.3 Å². The predicted octanol–water partition coefficient (Wildman–Crippen LogP) is 3.81. The van der Waals surface area contributed by atoms with Crippen molar-refractivity contribution >= 4 is 34.6 Å². The number of hydrogen-bond acceptors (Lipinski definition) is 1. The molecular weight excluding hydrogens is 321 g/mol. The standard InChI is InChI=1S/C14H10ClF3N2S/c15-9-3-4-11-10(7-9)13(14(16,17)18,20-12(21)19-11)6-5-8-1-2-8/h3-4,7-8H,1-2H2,(H2,19,20,21). The number of alkyl halides is 3. The molecule has 1 saturated carbocycles. The molecule has 1 atom stereocenters. The first kappa shape index (κ1) is 14.5. The molecule has 1 aromatic rings. The van der Waals surface area contributed by atoms with Crippen LogP contribution in [0.2, 0.25) is 5.02 Å². The van der Waals surface area contributed by atoms with Crippen LogP contribution in [0.3, 0.4) is 0 Å². The Labute approximate surface area is 130 Å². The molecule has 0 aromatic heterocycles. The van der Waals surface area contributed by atoms with Gasteiger partial charge in [-0.3, -0.25) is 0 Å². The molecule has 0 radical (unpaired) electrons. The van der Waals surface area contributed by atoms with Crippen LogP contribution in [0.1, 0.15) is 18.4 Å². The molecule has 0 bridgehead atoms. The van der Waals surface area contributed by atoms with Gasteiger partial charge in [0.15, 0.2) is 5.11 Å². The van der Waals surface area contributed by atoms with Crippen molar-refractivity contribution in [1.29, 1.82) is 0 Å². The summed E-state index contributed by atoms with van der Waals surface area (Å²) in [5, 5.41) is 5.12. The lowest BCUT2D eigenvalue weighted by Crippen LogP contribution is -2.59. The molecule has 3 rings (SSSR count). The summed E-state index contributed by atoms with van der Waals surface area (Å²) in [5.41, 5.74) is -2.30. The van der Waals surface area contributed by atoms with E-state index in [4.69, 9.17) is 23.8 Å². The zero-order valence-corrected chi connectivity index (χ0v) is 12.2. The van der Waals surface area contributed by atoms with E-state index < -0.39 is 11.7 Å². The highest BCUT2D eigenvalue weighted by Crippen LogP contribution is 2.45. The molecule has 2 N–H and O–H groups in total. The molecule has 1 heterocycles. The van der Waals surface area contributed by atoms with E-state index in [9.17, 15) is 13.2 Å². The third-order valence-electron chi connectivity index (χ3n) is 3.40. The van der Waals surface area contributed by atoms with Crippen molar-refractivity contribution in [2.24, 2.45) is 5.92 Å². The number of hydrogen-bond donors (Lipinski definition) is 2. The highest BCUT2D eigenvalue weighted by Gasteiger charge is 2.58. The summed E-state index contributed by atoms with van der Waals surface area (Å²) < 4.78 is 41.3. The molecule has 1 unspecified atom stereocenters. The van der Waals surface area contributed by atoms with Gasteiger partial charge in [0.05, 0.1) is 0 Å². The summed E-state index contributed by atoms with van der Waals surface area (Å²) >= 11 is 10.8. The highest BCUT2D eigenvalue weighted by atomic mass is 35.5. The van der Waals surface area contributed by atoms with E-state index in [0.717, 1.165) is 12.8 Å². The fourth-order valence-electron chi connectivity index (χ4n) is 2.16. The molecule has 110 valence electrons. The number of nitrogens with one attached hydrogen (secondary N) is 2. The predicted molar refractivity (Wildman–Crippen MR) is 79.0 cm³/mol. The summed E-state index contributed by atoms with van der Waals surface area (Å²) in [6.45, 7) is 0. The normalized spacial score (nSPS) is 24.3. The van der Waals surface area contributed by atoms with E-state index in [1.807, 2.05) is 0 Å². The smallest absolute Gasteiger partial charge is 0.335 e. The van der Waals surface area contributed by atoms with Crippen LogP contribution in [0.25, 0.3) is 0 Å². The molecule has 21 heavy (non-hydrogen) atoms. The molecule has 1 fully saturated rings. The van der Waals surface area contributed by atoms with Crippen LogP contribution < -0.4 is 10.6 Å². The summed E-state index contributed by atoms with van der Waals surface area (Å²) in [6.07, 6.45) is -2.95. The summed E-state index contributed by atoms with van der Waals surface area (Å²) in [4.78, 5) is 0.